The van der Waals surface area contributed by atoms with Crippen molar-refractivity contribution in [1.82, 2.24) is 4.90 Å². The summed E-state index contributed by atoms with van der Waals surface area (Å²) >= 11 is 1.47. The molecule has 0 saturated carbocycles. The summed E-state index contributed by atoms with van der Waals surface area (Å²) in [5, 5.41) is 2.63. The predicted octanol–water partition coefficient (Wildman–Crippen LogP) is 4.05. The van der Waals surface area contributed by atoms with Gasteiger partial charge in [-0.25, -0.2) is 0 Å². The Hall–Kier alpha value is -2.47. The number of methoxy groups -OCH3 is 1. The first-order valence-corrected chi connectivity index (χ1v) is 9.96. The summed E-state index contributed by atoms with van der Waals surface area (Å²) < 4.78 is 5.15. The Morgan fingerprint density at radius 1 is 1.07 bits per heavy atom. The fraction of sp³-hybridized carbons (Fsp3) is 0.333. The number of nitrogens with zero attached hydrogens (tertiary/aromatic N) is 1. The van der Waals surface area contributed by atoms with Crippen molar-refractivity contribution >= 4 is 29.3 Å². The molecule has 1 heterocycles. The number of likely N-dealkylation sites (tertiary alicyclic amines) is 1. The van der Waals surface area contributed by atoms with E-state index in [9.17, 15) is 9.59 Å². The molecule has 1 atom stereocenters. The van der Waals surface area contributed by atoms with Gasteiger partial charge < -0.3 is 15.0 Å². The standard InChI is InChI=1S/C21H24N2O3S/c1-15(27-17-11-9-16(26-2)10-12-17)20(24)22-19-8-4-3-7-18(19)21(25)23-13-5-6-14-23/h3-4,7-12,15H,5-6,13-14H2,1-2H3,(H,22,24)/t15-/m0/s1. The van der Waals surface area contributed by atoms with Crippen LogP contribution in [0.3, 0.4) is 0 Å². The number of anilines is 1. The Balaban J connectivity index is 1.67. The van der Waals surface area contributed by atoms with E-state index in [4.69, 9.17) is 4.74 Å². The molecule has 2 aromatic rings. The molecule has 2 aromatic carbocycles. The van der Waals surface area contributed by atoms with Crippen molar-refractivity contribution in [3.8, 4) is 5.75 Å². The number of ether oxygens (including phenoxy) is 1. The molecule has 1 fully saturated rings. The molecular weight excluding hydrogens is 360 g/mol. The molecule has 2 amide bonds. The lowest BCUT2D eigenvalue weighted by molar-refractivity contribution is -0.115. The second kappa shape index (κ2) is 8.95. The minimum absolute atomic E-state index is 0.0149. The van der Waals surface area contributed by atoms with E-state index in [2.05, 4.69) is 5.32 Å². The number of amides is 2. The molecule has 1 saturated heterocycles. The average Bonchev–Trinajstić information content (AvgIpc) is 3.23. The molecule has 0 radical (unpaired) electrons. The van der Waals surface area contributed by atoms with Crippen molar-refractivity contribution in [1.29, 1.82) is 0 Å². The summed E-state index contributed by atoms with van der Waals surface area (Å²) in [6.07, 6.45) is 2.08. The number of thioether (sulfide) groups is 1. The van der Waals surface area contributed by atoms with Gasteiger partial charge in [0.15, 0.2) is 0 Å². The van der Waals surface area contributed by atoms with Gasteiger partial charge in [0, 0.05) is 18.0 Å². The number of hydrogen-bond acceptors (Lipinski definition) is 4. The first-order valence-electron chi connectivity index (χ1n) is 9.08. The molecule has 142 valence electrons. The number of nitrogens with one attached hydrogen (secondary N) is 1. The predicted molar refractivity (Wildman–Crippen MR) is 109 cm³/mol. The van der Waals surface area contributed by atoms with Crippen LogP contribution in [0.2, 0.25) is 0 Å². The van der Waals surface area contributed by atoms with Crippen LogP contribution in [0.1, 0.15) is 30.1 Å². The Morgan fingerprint density at radius 2 is 1.74 bits per heavy atom. The Kier molecular flexibility index (Phi) is 6.40. The van der Waals surface area contributed by atoms with Crippen LogP contribution in [-0.2, 0) is 4.79 Å². The molecule has 0 aromatic heterocycles. The molecule has 0 aliphatic carbocycles. The van der Waals surface area contributed by atoms with Gasteiger partial charge in [-0.1, -0.05) is 12.1 Å². The van der Waals surface area contributed by atoms with Gasteiger partial charge in [-0.05, 0) is 56.2 Å². The van der Waals surface area contributed by atoms with Gasteiger partial charge in [0.1, 0.15) is 5.75 Å². The zero-order valence-electron chi connectivity index (χ0n) is 15.6. The lowest BCUT2D eigenvalue weighted by Gasteiger charge is -2.19. The smallest absolute Gasteiger partial charge is 0.255 e. The second-order valence-corrected chi connectivity index (χ2v) is 7.88. The van der Waals surface area contributed by atoms with E-state index in [-0.39, 0.29) is 17.1 Å². The maximum atomic E-state index is 12.7. The first-order chi connectivity index (χ1) is 13.1. The Morgan fingerprint density at radius 3 is 2.41 bits per heavy atom. The van der Waals surface area contributed by atoms with Crippen molar-refractivity contribution in [2.75, 3.05) is 25.5 Å². The summed E-state index contributed by atoms with van der Waals surface area (Å²) in [5.74, 6) is 0.641. The molecule has 0 bridgehead atoms. The van der Waals surface area contributed by atoms with Gasteiger partial charge >= 0.3 is 0 Å². The van der Waals surface area contributed by atoms with Crippen LogP contribution in [0.25, 0.3) is 0 Å². The van der Waals surface area contributed by atoms with Gasteiger partial charge in [-0.2, -0.15) is 0 Å². The van der Waals surface area contributed by atoms with Crippen molar-refractivity contribution in [3.05, 3.63) is 54.1 Å². The molecule has 5 nitrogen and oxygen atoms in total. The highest BCUT2D eigenvalue weighted by Crippen LogP contribution is 2.27. The SMILES string of the molecule is COc1ccc(S[C@@H](C)C(=O)Nc2ccccc2C(=O)N2CCCC2)cc1. The van der Waals surface area contributed by atoms with E-state index in [1.54, 1.807) is 19.2 Å². The topological polar surface area (TPSA) is 58.6 Å². The number of rotatable bonds is 6. The lowest BCUT2D eigenvalue weighted by Crippen LogP contribution is -2.29. The molecular formula is C21H24N2O3S. The minimum Gasteiger partial charge on any atom is -0.497 e. The number of carbonyl (C=O) groups is 2. The van der Waals surface area contributed by atoms with Crippen LogP contribution >= 0.6 is 11.8 Å². The fourth-order valence-electron chi connectivity index (χ4n) is 3.02. The van der Waals surface area contributed by atoms with Crippen LogP contribution in [0.15, 0.2) is 53.4 Å². The van der Waals surface area contributed by atoms with Crippen molar-refractivity contribution in [2.24, 2.45) is 0 Å². The normalized spacial score (nSPS) is 14.7. The van der Waals surface area contributed by atoms with E-state index < -0.39 is 0 Å². The summed E-state index contributed by atoms with van der Waals surface area (Å²) in [4.78, 5) is 28.2. The largest absolute Gasteiger partial charge is 0.497 e. The highest BCUT2D eigenvalue weighted by Gasteiger charge is 2.23. The van der Waals surface area contributed by atoms with Crippen molar-refractivity contribution in [3.63, 3.8) is 0 Å². The van der Waals surface area contributed by atoms with Gasteiger partial charge in [0.05, 0.1) is 23.6 Å². The van der Waals surface area contributed by atoms with Crippen molar-refractivity contribution < 1.29 is 14.3 Å². The van der Waals surface area contributed by atoms with Crippen LogP contribution < -0.4 is 10.1 Å². The summed E-state index contributed by atoms with van der Waals surface area (Å²) in [6.45, 7) is 3.42. The van der Waals surface area contributed by atoms with E-state index >= 15 is 0 Å². The first kappa shape index (κ1) is 19.3. The fourth-order valence-corrected chi connectivity index (χ4v) is 3.88. The molecule has 3 rings (SSSR count). The zero-order chi connectivity index (χ0) is 19.2. The van der Waals surface area contributed by atoms with Crippen LogP contribution in [-0.4, -0.2) is 42.2 Å². The zero-order valence-corrected chi connectivity index (χ0v) is 16.4. The lowest BCUT2D eigenvalue weighted by atomic mass is 10.1. The van der Waals surface area contributed by atoms with E-state index in [0.29, 0.717) is 11.3 Å². The maximum Gasteiger partial charge on any atom is 0.255 e. The van der Waals surface area contributed by atoms with Crippen molar-refractivity contribution in [2.45, 2.75) is 29.9 Å². The van der Waals surface area contributed by atoms with Gasteiger partial charge in [0.2, 0.25) is 5.91 Å². The van der Waals surface area contributed by atoms with Gasteiger partial charge in [0.25, 0.3) is 5.91 Å². The van der Waals surface area contributed by atoms with Crippen LogP contribution in [0.5, 0.6) is 5.75 Å². The number of hydrogen-bond donors (Lipinski definition) is 1. The molecule has 27 heavy (non-hydrogen) atoms. The Labute approximate surface area is 164 Å². The maximum absolute atomic E-state index is 12.7. The minimum atomic E-state index is -0.298. The van der Waals surface area contributed by atoms with E-state index in [0.717, 1.165) is 36.6 Å². The third-order valence-corrected chi connectivity index (χ3v) is 5.66. The number of benzene rings is 2. The monoisotopic (exact) mass is 384 g/mol. The average molecular weight is 385 g/mol. The molecule has 0 spiro atoms. The molecule has 1 aliphatic heterocycles. The molecule has 1 aliphatic rings. The number of para-hydroxylation sites is 1. The number of carbonyl (C=O) groups excluding carboxylic acids is 2. The Bertz CT molecular complexity index is 801. The third-order valence-electron chi connectivity index (χ3n) is 4.55. The second-order valence-electron chi connectivity index (χ2n) is 6.47. The van der Waals surface area contributed by atoms with Gasteiger partial charge in [-0.15, -0.1) is 11.8 Å². The third kappa shape index (κ3) is 4.83. The highest BCUT2D eigenvalue weighted by molar-refractivity contribution is 8.00. The van der Waals surface area contributed by atoms with E-state index in [1.165, 1.54) is 11.8 Å². The summed E-state index contributed by atoms with van der Waals surface area (Å²) in [5.41, 5.74) is 1.12. The van der Waals surface area contributed by atoms with Crippen LogP contribution in [0, 0.1) is 0 Å². The molecule has 0 unspecified atom stereocenters. The summed E-state index contributed by atoms with van der Waals surface area (Å²) in [6, 6.07) is 14.8. The molecule has 6 heteroatoms. The highest BCUT2D eigenvalue weighted by atomic mass is 32.2. The summed E-state index contributed by atoms with van der Waals surface area (Å²) in [7, 11) is 1.62. The molecule has 1 N–H and O–H groups in total. The van der Waals surface area contributed by atoms with Crippen LogP contribution in [0.4, 0.5) is 5.69 Å². The quantitative estimate of drug-likeness (QED) is 0.764. The van der Waals surface area contributed by atoms with Gasteiger partial charge in [-0.3, -0.25) is 9.59 Å². The van der Waals surface area contributed by atoms with E-state index in [1.807, 2.05) is 48.2 Å².